The second-order valence-corrected chi connectivity index (χ2v) is 3.56. The van der Waals surface area contributed by atoms with E-state index in [4.69, 9.17) is 0 Å². The SMILES string of the molecule is FC1(F)CNCCC1c1ccncc1. The van der Waals surface area contributed by atoms with Gasteiger partial charge in [-0.05, 0) is 30.7 Å². The molecule has 1 aromatic rings. The van der Waals surface area contributed by atoms with Gasteiger partial charge in [-0.1, -0.05) is 0 Å². The molecule has 0 amide bonds. The van der Waals surface area contributed by atoms with Gasteiger partial charge in [-0.15, -0.1) is 0 Å². The Morgan fingerprint density at radius 2 is 2.07 bits per heavy atom. The highest BCUT2D eigenvalue weighted by Crippen LogP contribution is 2.37. The molecule has 1 saturated heterocycles. The van der Waals surface area contributed by atoms with Crippen LogP contribution in [-0.2, 0) is 0 Å². The summed E-state index contributed by atoms with van der Waals surface area (Å²) in [6.45, 7) is 0.433. The van der Waals surface area contributed by atoms with Gasteiger partial charge in [0.1, 0.15) is 0 Å². The van der Waals surface area contributed by atoms with Gasteiger partial charge in [-0.3, -0.25) is 4.98 Å². The summed E-state index contributed by atoms with van der Waals surface area (Å²) < 4.78 is 26.9. The molecule has 0 aliphatic carbocycles. The molecule has 2 heterocycles. The van der Waals surface area contributed by atoms with Gasteiger partial charge in [0, 0.05) is 12.4 Å². The highest BCUT2D eigenvalue weighted by Gasteiger charge is 2.42. The fraction of sp³-hybridized carbons (Fsp3) is 0.500. The largest absolute Gasteiger partial charge is 0.311 e. The normalized spacial score (nSPS) is 26.0. The number of aromatic nitrogens is 1. The first-order chi connectivity index (χ1) is 6.70. The summed E-state index contributed by atoms with van der Waals surface area (Å²) in [6.07, 6.45) is 3.61. The lowest BCUT2D eigenvalue weighted by Crippen LogP contribution is -2.44. The van der Waals surface area contributed by atoms with Gasteiger partial charge in [0.05, 0.1) is 12.5 Å². The van der Waals surface area contributed by atoms with Crippen LogP contribution in [0.2, 0.25) is 0 Å². The number of nitrogens with one attached hydrogen (secondary N) is 1. The van der Waals surface area contributed by atoms with Crippen molar-refractivity contribution in [1.82, 2.24) is 10.3 Å². The minimum atomic E-state index is -2.64. The third-order valence-electron chi connectivity index (χ3n) is 2.59. The fourth-order valence-electron chi connectivity index (χ4n) is 1.84. The number of alkyl halides is 2. The summed E-state index contributed by atoms with van der Waals surface area (Å²) in [6, 6.07) is 3.34. The van der Waals surface area contributed by atoms with Crippen molar-refractivity contribution >= 4 is 0 Å². The van der Waals surface area contributed by atoms with Crippen molar-refractivity contribution < 1.29 is 8.78 Å². The standard InChI is InChI=1S/C10H12F2N2/c11-10(12)7-14-6-3-9(10)8-1-4-13-5-2-8/h1-2,4-5,9,14H,3,6-7H2. The molecule has 0 saturated carbocycles. The predicted molar refractivity (Wildman–Crippen MR) is 49.4 cm³/mol. The van der Waals surface area contributed by atoms with Crippen molar-refractivity contribution in [3.05, 3.63) is 30.1 Å². The molecular weight excluding hydrogens is 186 g/mol. The molecule has 14 heavy (non-hydrogen) atoms. The van der Waals surface area contributed by atoms with Crippen molar-refractivity contribution in [3.8, 4) is 0 Å². The molecule has 1 aromatic heterocycles. The van der Waals surface area contributed by atoms with Crippen molar-refractivity contribution in [1.29, 1.82) is 0 Å². The van der Waals surface area contributed by atoms with Crippen LogP contribution in [0, 0.1) is 0 Å². The Hall–Kier alpha value is -1.03. The molecule has 1 atom stereocenters. The molecule has 0 aromatic carbocycles. The summed E-state index contributed by atoms with van der Waals surface area (Å²) in [7, 11) is 0. The van der Waals surface area contributed by atoms with Gasteiger partial charge in [0.25, 0.3) is 5.92 Å². The maximum atomic E-state index is 13.5. The van der Waals surface area contributed by atoms with Crippen LogP contribution >= 0.6 is 0 Å². The van der Waals surface area contributed by atoms with Crippen molar-refractivity contribution in [2.24, 2.45) is 0 Å². The van der Waals surface area contributed by atoms with E-state index in [1.807, 2.05) is 0 Å². The zero-order chi connectivity index (χ0) is 10.0. The fourth-order valence-corrected chi connectivity index (χ4v) is 1.84. The molecule has 1 fully saturated rings. The van der Waals surface area contributed by atoms with Crippen molar-refractivity contribution in [2.45, 2.75) is 18.3 Å². The average molecular weight is 198 g/mol. The molecule has 1 aliphatic heterocycles. The number of pyridine rings is 1. The lowest BCUT2D eigenvalue weighted by atomic mass is 9.88. The molecule has 0 radical (unpaired) electrons. The zero-order valence-electron chi connectivity index (χ0n) is 7.71. The van der Waals surface area contributed by atoms with Gasteiger partial charge >= 0.3 is 0 Å². The van der Waals surface area contributed by atoms with Crippen LogP contribution in [0.15, 0.2) is 24.5 Å². The Labute approximate surface area is 81.4 Å². The molecular formula is C10H12F2N2. The quantitative estimate of drug-likeness (QED) is 0.744. The molecule has 1 N–H and O–H groups in total. The minimum absolute atomic E-state index is 0.222. The van der Waals surface area contributed by atoms with Crippen molar-refractivity contribution in [3.63, 3.8) is 0 Å². The Morgan fingerprint density at radius 1 is 1.36 bits per heavy atom. The van der Waals surface area contributed by atoms with Gasteiger partial charge < -0.3 is 5.32 Å². The lowest BCUT2D eigenvalue weighted by Gasteiger charge is -2.32. The first-order valence-corrected chi connectivity index (χ1v) is 4.68. The van der Waals surface area contributed by atoms with Crippen LogP contribution in [0.5, 0.6) is 0 Å². The summed E-state index contributed by atoms with van der Waals surface area (Å²) in [5.74, 6) is -3.30. The van der Waals surface area contributed by atoms with E-state index in [9.17, 15) is 8.78 Å². The van der Waals surface area contributed by atoms with Crippen LogP contribution in [0.1, 0.15) is 17.9 Å². The predicted octanol–water partition coefficient (Wildman–Crippen LogP) is 1.79. The molecule has 2 nitrogen and oxygen atoms in total. The molecule has 1 unspecified atom stereocenters. The van der Waals surface area contributed by atoms with E-state index in [-0.39, 0.29) is 6.54 Å². The van der Waals surface area contributed by atoms with Gasteiger partial charge in [0.2, 0.25) is 0 Å². The number of hydrogen-bond acceptors (Lipinski definition) is 2. The molecule has 1 aliphatic rings. The van der Waals surface area contributed by atoms with E-state index in [2.05, 4.69) is 10.3 Å². The zero-order valence-corrected chi connectivity index (χ0v) is 7.71. The van der Waals surface area contributed by atoms with E-state index in [1.54, 1.807) is 24.5 Å². The Bertz CT molecular complexity index is 300. The van der Waals surface area contributed by atoms with E-state index >= 15 is 0 Å². The molecule has 2 rings (SSSR count). The van der Waals surface area contributed by atoms with E-state index in [1.165, 1.54) is 0 Å². The van der Waals surface area contributed by atoms with Crippen LogP contribution in [0.3, 0.4) is 0 Å². The number of rotatable bonds is 1. The van der Waals surface area contributed by atoms with Crippen LogP contribution in [0.4, 0.5) is 8.78 Å². The Balaban J connectivity index is 2.24. The maximum absolute atomic E-state index is 13.5. The average Bonchev–Trinajstić information content (AvgIpc) is 2.18. The van der Waals surface area contributed by atoms with Crippen molar-refractivity contribution in [2.75, 3.05) is 13.1 Å². The van der Waals surface area contributed by atoms with Gasteiger partial charge in [-0.25, -0.2) is 8.78 Å². The molecule has 0 spiro atoms. The molecule has 0 bridgehead atoms. The van der Waals surface area contributed by atoms with E-state index in [0.29, 0.717) is 18.5 Å². The highest BCUT2D eigenvalue weighted by atomic mass is 19.3. The van der Waals surface area contributed by atoms with E-state index < -0.39 is 11.8 Å². The third-order valence-corrected chi connectivity index (χ3v) is 2.59. The van der Waals surface area contributed by atoms with Crippen LogP contribution < -0.4 is 5.32 Å². The Morgan fingerprint density at radius 3 is 2.71 bits per heavy atom. The second kappa shape index (κ2) is 3.61. The highest BCUT2D eigenvalue weighted by molar-refractivity contribution is 5.20. The lowest BCUT2D eigenvalue weighted by molar-refractivity contribution is -0.0420. The maximum Gasteiger partial charge on any atom is 0.267 e. The number of halogens is 2. The number of hydrogen-bond donors (Lipinski definition) is 1. The van der Waals surface area contributed by atoms with Gasteiger partial charge in [0.15, 0.2) is 0 Å². The summed E-state index contributed by atoms with van der Waals surface area (Å²) in [5.41, 5.74) is 0.687. The summed E-state index contributed by atoms with van der Waals surface area (Å²) in [5, 5.41) is 2.71. The van der Waals surface area contributed by atoms with Crippen LogP contribution in [0.25, 0.3) is 0 Å². The van der Waals surface area contributed by atoms with Gasteiger partial charge in [-0.2, -0.15) is 0 Å². The smallest absolute Gasteiger partial charge is 0.267 e. The Kier molecular flexibility index (Phi) is 2.46. The topological polar surface area (TPSA) is 24.9 Å². The van der Waals surface area contributed by atoms with E-state index in [0.717, 1.165) is 0 Å². The van der Waals surface area contributed by atoms with Crippen LogP contribution in [-0.4, -0.2) is 24.0 Å². The minimum Gasteiger partial charge on any atom is -0.311 e. The molecule has 76 valence electrons. The molecule has 4 heteroatoms. The summed E-state index contributed by atoms with van der Waals surface area (Å²) in [4.78, 5) is 3.83. The number of nitrogens with zero attached hydrogens (tertiary/aromatic N) is 1. The monoisotopic (exact) mass is 198 g/mol. The number of piperidine rings is 1. The first-order valence-electron chi connectivity index (χ1n) is 4.68. The second-order valence-electron chi connectivity index (χ2n) is 3.56. The third kappa shape index (κ3) is 1.75. The first kappa shape index (κ1) is 9.52. The summed E-state index contributed by atoms with van der Waals surface area (Å²) >= 11 is 0.